The Labute approximate surface area is 190 Å². The first kappa shape index (κ1) is 23.6. The van der Waals surface area contributed by atoms with E-state index in [-0.39, 0.29) is 11.8 Å². The van der Waals surface area contributed by atoms with E-state index in [1.807, 2.05) is 29.2 Å². The van der Waals surface area contributed by atoms with E-state index in [0.29, 0.717) is 35.7 Å². The number of rotatable bonds is 8. The van der Waals surface area contributed by atoms with Gasteiger partial charge in [0, 0.05) is 56.6 Å². The van der Waals surface area contributed by atoms with Crippen molar-refractivity contribution >= 4 is 23.2 Å². The van der Waals surface area contributed by atoms with Crippen molar-refractivity contribution in [1.29, 1.82) is 0 Å². The maximum atomic E-state index is 12.9. The fourth-order valence-corrected chi connectivity index (χ4v) is 3.72. The van der Waals surface area contributed by atoms with Crippen LogP contribution >= 0.6 is 0 Å². The van der Waals surface area contributed by atoms with E-state index < -0.39 is 0 Å². The molecule has 0 atom stereocenters. The van der Waals surface area contributed by atoms with Gasteiger partial charge in [-0.3, -0.25) is 9.59 Å². The number of ether oxygens (including phenoxy) is 1. The first-order valence-electron chi connectivity index (χ1n) is 11.2. The van der Waals surface area contributed by atoms with Crippen LogP contribution in [-0.4, -0.2) is 75.5 Å². The van der Waals surface area contributed by atoms with Crippen LogP contribution in [0.5, 0.6) is 5.75 Å². The number of benzene rings is 2. The molecule has 1 fully saturated rings. The summed E-state index contributed by atoms with van der Waals surface area (Å²) in [7, 11) is 5.66. The summed E-state index contributed by atoms with van der Waals surface area (Å²) in [6.07, 6.45) is 2.27. The lowest BCUT2D eigenvalue weighted by atomic mass is 10.1. The van der Waals surface area contributed by atoms with Crippen molar-refractivity contribution in [3.63, 3.8) is 0 Å². The van der Waals surface area contributed by atoms with Crippen molar-refractivity contribution in [2.45, 2.75) is 19.8 Å². The molecule has 0 saturated carbocycles. The lowest BCUT2D eigenvalue weighted by Gasteiger charge is -2.32. The molecular formula is C25H34N4O3. The first-order chi connectivity index (χ1) is 15.4. The predicted octanol–water partition coefficient (Wildman–Crippen LogP) is 3.57. The van der Waals surface area contributed by atoms with Crippen molar-refractivity contribution in [3.05, 3.63) is 53.6 Å². The molecule has 0 aliphatic carbocycles. The number of anilines is 2. The van der Waals surface area contributed by atoms with E-state index in [0.717, 1.165) is 38.2 Å². The van der Waals surface area contributed by atoms with Crippen LogP contribution in [-0.2, 0) is 0 Å². The van der Waals surface area contributed by atoms with Gasteiger partial charge in [-0.15, -0.1) is 0 Å². The van der Waals surface area contributed by atoms with Gasteiger partial charge in [-0.1, -0.05) is 13.3 Å². The maximum absolute atomic E-state index is 12.9. The molecule has 172 valence electrons. The molecule has 1 N–H and O–H groups in total. The minimum atomic E-state index is -0.241. The summed E-state index contributed by atoms with van der Waals surface area (Å²) < 4.78 is 5.41. The normalized spacial score (nSPS) is 14.2. The summed E-state index contributed by atoms with van der Waals surface area (Å²) in [5.74, 6) is 0.246. The second-order valence-electron chi connectivity index (χ2n) is 8.29. The summed E-state index contributed by atoms with van der Waals surface area (Å²) >= 11 is 0. The SMILES string of the molecule is CCCCN(C)c1ccc(C(=O)Nc2cc(C(=O)N3CCN(C)CC3)ccc2OC)cc1. The number of unbranched alkanes of at least 4 members (excludes halogenated alkanes) is 1. The molecule has 1 aliphatic heterocycles. The molecule has 0 aromatic heterocycles. The summed E-state index contributed by atoms with van der Waals surface area (Å²) in [5, 5.41) is 2.91. The monoisotopic (exact) mass is 438 g/mol. The van der Waals surface area contributed by atoms with Crippen LogP contribution < -0.4 is 15.0 Å². The first-order valence-corrected chi connectivity index (χ1v) is 11.2. The van der Waals surface area contributed by atoms with Crippen LogP contribution in [0.4, 0.5) is 11.4 Å². The van der Waals surface area contributed by atoms with Gasteiger partial charge in [0.25, 0.3) is 11.8 Å². The molecule has 1 saturated heterocycles. The average Bonchev–Trinajstić information content (AvgIpc) is 2.82. The molecule has 0 bridgehead atoms. The lowest BCUT2D eigenvalue weighted by Crippen LogP contribution is -2.47. The highest BCUT2D eigenvalue weighted by molar-refractivity contribution is 6.06. The molecule has 7 nitrogen and oxygen atoms in total. The second kappa shape index (κ2) is 11.0. The molecule has 3 rings (SSSR count). The molecule has 32 heavy (non-hydrogen) atoms. The van der Waals surface area contributed by atoms with Crippen molar-refractivity contribution in [3.8, 4) is 5.75 Å². The van der Waals surface area contributed by atoms with Crippen LogP contribution in [0.3, 0.4) is 0 Å². The number of methoxy groups -OCH3 is 1. The minimum absolute atomic E-state index is 0.0317. The number of hydrogen-bond donors (Lipinski definition) is 1. The maximum Gasteiger partial charge on any atom is 0.255 e. The lowest BCUT2D eigenvalue weighted by molar-refractivity contribution is 0.0664. The van der Waals surface area contributed by atoms with Gasteiger partial charge in [0.15, 0.2) is 0 Å². The Morgan fingerprint density at radius 2 is 1.69 bits per heavy atom. The van der Waals surface area contributed by atoms with Gasteiger partial charge in [0.2, 0.25) is 0 Å². The molecule has 0 unspecified atom stereocenters. The standard InChI is InChI=1S/C25H34N4O3/c1-5-6-13-28(3)21-10-7-19(8-11-21)24(30)26-22-18-20(9-12-23(22)32-4)25(31)29-16-14-27(2)15-17-29/h7-12,18H,5-6,13-17H2,1-4H3,(H,26,30). The molecule has 0 radical (unpaired) electrons. The van der Waals surface area contributed by atoms with Gasteiger partial charge in [-0.25, -0.2) is 0 Å². The van der Waals surface area contributed by atoms with Crippen LogP contribution in [0.15, 0.2) is 42.5 Å². The molecule has 1 aliphatic rings. The van der Waals surface area contributed by atoms with E-state index >= 15 is 0 Å². The molecular weight excluding hydrogens is 404 g/mol. The number of carbonyl (C=O) groups is 2. The van der Waals surface area contributed by atoms with E-state index in [2.05, 4.69) is 36.1 Å². The number of carbonyl (C=O) groups excluding carboxylic acids is 2. The fraction of sp³-hybridized carbons (Fsp3) is 0.440. The third kappa shape index (κ3) is 5.79. The van der Waals surface area contributed by atoms with Crippen molar-refractivity contribution in [2.75, 3.05) is 64.1 Å². The highest BCUT2D eigenvalue weighted by Crippen LogP contribution is 2.27. The van der Waals surface area contributed by atoms with Gasteiger partial charge in [-0.05, 0) is 55.9 Å². The highest BCUT2D eigenvalue weighted by Gasteiger charge is 2.22. The van der Waals surface area contributed by atoms with E-state index in [9.17, 15) is 9.59 Å². The number of nitrogens with zero attached hydrogens (tertiary/aromatic N) is 3. The number of nitrogens with one attached hydrogen (secondary N) is 1. The van der Waals surface area contributed by atoms with Gasteiger partial charge >= 0.3 is 0 Å². The van der Waals surface area contributed by atoms with Crippen molar-refractivity contribution < 1.29 is 14.3 Å². The van der Waals surface area contributed by atoms with Gasteiger partial charge in [0.05, 0.1) is 12.8 Å². The zero-order valence-corrected chi connectivity index (χ0v) is 19.6. The molecule has 7 heteroatoms. The second-order valence-corrected chi connectivity index (χ2v) is 8.29. The summed E-state index contributed by atoms with van der Waals surface area (Å²) in [6, 6.07) is 12.7. The molecule has 2 aromatic rings. The Hall–Kier alpha value is -3.06. The zero-order valence-electron chi connectivity index (χ0n) is 19.6. The summed E-state index contributed by atoms with van der Waals surface area (Å²) in [6.45, 7) is 6.26. The van der Waals surface area contributed by atoms with E-state index in [4.69, 9.17) is 4.74 Å². The Morgan fingerprint density at radius 3 is 2.31 bits per heavy atom. The zero-order chi connectivity index (χ0) is 23.1. The average molecular weight is 439 g/mol. The fourth-order valence-electron chi connectivity index (χ4n) is 3.72. The third-order valence-electron chi connectivity index (χ3n) is 5.90. The Morgan fingerprint density at radius 1 is 1.03 bits per heavy atom. The summed E-state index contributed by atoms with van der Waals surface area (Å²) in [4.78, 5) is 32.0. The number of likely N-dealkylation sites (N-methyl/N-ethyl adjacent to an activating group) is 1. The topological polar surface area (TPSA) is 65.1 Å². The van der Waals surface area contributed by atoms with Crippen molar-refractivity contribution in [1.82, 2.24) is 9.80 Å². The minimum Gasteiger partial charge on any atom is -0.495 e. The predicted molar refractivity (Wildman–Crippen MR) is 129 cm³/mol. The molecule has 0 spiro atoms. The molecule has 2 amide bonds. The van der Waals surface area contributed by atoms with Crippen molar-refractivity contribution in [2.24, 2.45) is 0 Å². The Kier molecular flexibility index (Phi) is 8.11. The van der Waals surface area contributed by atoms with Crippen LogP contribution in [0, 0.1) is 0 Å². The molecule has 1 heterocycles. The summed E-state index contributed by atoms with van der Waals surface area (Å²) in [5.41, 5.74) is 2.66. The van der Waals surface area contributed by atoms with E-state index in [1.165, 1.54) is 0 Å². The van der Waals surface area contributed by atoms with E-state index in [1.54, 1.807) is 25.3 Å². The molecule has 2 aromatic carbocycles. The van der Waals surface area contributed by atoms with Gasteiger partial charge < -0.3 is 24.8 Å². The van der Waals surface area contributed by atoms with Crippen LogP contribution in [0.1, 0.15) is 40.5 Å². The van der Waals surface area contributed by atoms with Gasteiger partial charge in [0.1, 0.15) is 5.75 Å². The quantitative estimate of drug-likeness (QED) is 0.683. The Bertz CT molecular complexity index is 921. The third-order valence-corrected chi connectivity index (χ3v) is 5.90. The smallest absolute Gasteiger partial charge is 0.255 e. The number of hydrogen-bond acceptors (Lipinski definition) is 5. The largest absolute Gasteiger partial charge is 0.495 e. The number of piperazine rings is 1. The highest BCUT2D eigenvalue weighted by atomic mass is 16.5. The van der Waals surface area contributed by atoms with Gasteiger partial charge in [-0.2, -0.15) is 0 Å². The van der Waals surface area contributed by atoms with Crippen LogP contribution in [0.25, 0.3) is 0 Å². The Balaban J connectivity index is 1.72. The number of amides is 2. The van der Waals surface area contributed by atoms with Crippen LogP contribution in [0.2, 0.25) is 0 Å².